The number of halogens is 3. The lowest BCUT2D eigenvalue weighted by atomic mass is 10.2. The number of urea groups is 1. The zero-order valence-electron chi connectivity index (χ0n) is 12.3. The lowest BCUT2D eigenvalue weighted by Gasteiger charge is -2.23. The Kier molecular flexibility index (Phi) is 5.59. The number of rotatable bonds is 5. The largest absolute Gasteiger partial charge is 0.433 e. The maximum Gasteiger partial charge on any atom is 0.433 e. The topological polar surface area (TPSA) is 90.4 Å². The van der Waals surface area contributed by atoms with Crippen LogP contribution in [-0.2, 0) is 6.18 Å². The number of aromatic nitrogens is 2. The molecule has 0 unspecified atom stereocenters. The molecule has 10 heteroatoms. The van der Waals surface area contributed by atoms with E-state index < -0.39 is 11.9 Å². The zero-order chi connectivity index (χ0) is 16.9. The summed E-state index contributed by atoms with van der Waals surface area (Å²) in [6.07, 6.45) is -1.90. The summed E-state index contributed by atoms with van der Waals surface area (Å²) >= 11 is 0. The van der Waals surface area contributed by atoms with Gasteiger partial charge in [-0.3, -0.25) is 0 Å². The number of carbonyl (C=O) groups is 1. The number of hydrogen-bond donors (Lipinski definition) is 3. The van der Waals surface area contributed by atoms with E-state index in [9.17, 15) is 18.0 Å². The molecule has 1 aromatic heterocycles. The molecule has 0 saturated carbocycles. The van der Waals surface area contributed by atoms with E-state index in [2.05, 4.69) is 20.6 Å². The molecule has 23 heavy (non-hydrogen) atoms. The third-order valence-electron chi connectivity index (χ3n) is 3.48. The molecule has 7 nitrogen and oxygen atoms in total. The zero-order valence-corrected chi connectivity index (χ0v) is 12.3. The van der Waals surface area contributed by atoms with Gasteiger partial charge in [-0.05, 0) is 18.9 Å². The maximum atomic E-state index is 12.5. The van der Waals surface area contributed by atoms with Crippen molar-refractivity contribution in [2.75, 3.05) is 31.6 Å². The van der Waals surface area contributed by atoms with E-state index >= 15 is 0 Å². The minimum absolute atomic E-state index is 0.0796. The fraction of sp³-hybridized carbons (Fsp3) is 0.615. The summed E-state index contributed by atoms with van der Waals surface area (Å²) in [6, 6.07) is 0.318. The Hall–Kier alpha value is -2.10. The van der Waals surface area contributed by atoms with Crippen LogP contribution >= 0.6 is 0 Å². The maximum absolute atomic E-state index is 12.5. The van der Waals surface area contributed by atoms with Crippen LogP contribution in [0.2, 0.25) is 0 Å². The van der Waals surface area contributed by atoms with Crippen molar-refractivity contribution in [3.8, 4) is 0 Å². The average molecular weight is 333 g/mol. The van der Waals surface area contributed by atoms with Gasteiger partial charge in [-0.1, -0.05) is 0 Å². The van der Waals surface area contributed by atoms with Gasteiger partial charge in [0.15, 0.2) is 0 Å². The first-order valence-corrected chi connectivity index (χ1v) is 7.21. The summed E-state index contributed by atoms with van der Waals surface area (Å²) in [5, 5.41) is 14.4. The van der Waals surface area contributed by atoms with E-state index in [-0.39, 0.29) is 37.7 Å². The third-order valence-corrected chi connectivity index (χ3v) is 3.48. The van der Waals surface area contributed by atoms with Crippen molar-refractivity contribution < 1.29 is 23.1 Å². The molecule has 2 rings (SSSR count). The molecule has 0 aliphatic carbocycles. The smallest absolute Gasteiger partial charge is 0.394 e. The molecule has 1 saturated heterocycles. The van der Waals surface area contributed by atoms with E-state index in [0.29, 0.717) is 6.54 Å². The van der Waals surface area contributed by atoms with Gasteiger partial charge in [-0.2, -0.15) is 13.2 Å². The molecular formula is C13H18F3N5O2. The van der Waals surface area contributed by atoms with E-state index in [4.69, 9.17) is 5.11 Å². The number of anilines is 1. The van der Waals surface area contributed by atoms with Crippen molar-refractivity contribution in [1.82, 2.24) is 20.2 Å². The number of likely N-dealkylation sites (tertiary alicyclic amines) is 1. The molecule has 0 radical (unpaired) electrons. The van der Waals surface area contributed by atoms with Crippen LogP contribution in [0.15, 0.2) is 12.3 Å². The number of alkyl halides is 3. The first kappa shape index (κ1) is 17.3. The van der Waals surface area contributed by atoms with E-state index in [0.717, 1.165) is 25.1 Å². The van der Waals surface area contributed by atoms with Gasteiger partial charge >= 0.3 is 12.2 Å². The number of carbonyl (C=O) groups excluding carboxylic acids is 1. The van der Waals surface area contributed by atoms with Crippen LogP contribution in [0.3, 0.4) is 0 Å². The van der Waals surface area contributed by atoms with Gasteiger partial charge in [0.25, 0.3) is 0 Å². The molecule has 1 atom stereocenters. The highest BCUT2D eigenvalue weighted by Gasteiger charge is 2.32. The molecule has 1 aromatic rings. The van der Waals surface area contributed by atoms with Gasteiger partial charge < -0.3 is 20.6 Å². The molecule has 3 N–H and O–H groups in total. The molecule has 0 bridgehead atoms. The highest BCUT2D eigenvalue weighted by atomic mass is 19.4. The van der Waals surface area contributed by atoms with Crippen molar-refractivity contribution in [2.24, 2.45) is 0 Å². The Bertz CT molecular complexity index is 541. The quantitative estimate of drug-likeness (QED) is 0.702. The highest BCUT2D eigenvalue weighted by Crippen LogP contribution is 2.27. The van der Waals surface area contributed by atoms with E-state index in [1.165, 1.54) is 0 Å². The number of nitrogens with zero attached hydrogens (tertiary/aromatic N) is 3. The molecule has 2 amide bonds. The molecule has 0 spiro atoms. The number of hydrogen-bond acceptors (Lipinski definition) is 5. The van der Waals surface area contributed by atoms with Crippen LogP contribution in [0.4, 0.5) is 23.9 Å². The van der Waals surface area contributed by atoms with E-state index in [1.54, 1.807) is 4.90 Å². The second-order valence-corrected chi connectivity index (χ2v) is 5.09. The van der Waals surface area contributed by atoms with Crippen molar-refractivity contribution in [2.45, 2.75) is 25.1 Å². The SMILES string of the molecule is O=C(NCCNc1nccc(C(F)(F)F)n1)N1CCC[C@H]1CO. The normalized spacial score (nSPS) is 18.1. The lowest BCUT2D eigenvalue weighted by Crippen LogP contribution is -2.45. The van der Waals surface area contributed by atoms with Gasteiger partial charge in [0.1, 0.15) is 5.69 Å². The summed E-state index contributed by atoms with van der Waals surface area (Å²) in [5.74, 6) is -0.150. The van der Waals surface area contributed by atoms with Crippen LogP contribution in [0, 0.1) is 0 Å². The van der Waals surface area contributed by atoms with Gasteiger partial charge in [0.2, 0.25) is 5.95 Å². The molecule has 1 aliphatic heterocycles. The Morgan fingerprint density at radius 1 is 1.43 bits per heavy atom. The van der Waals surface area contributed by atoms with Crippen LogP contribution < -0.4 is 10.6 Å². The Morgan fingerprint density at radius 2 is 2.22 bits per heavy atom. The second kappa shape index (κ2) is 7.44. The minimum atomic E-state index is -4.53. The second-order valence-electron chi connectivity index (χ2n) is 5.09. The highest BCUT2D eigenvalue weighted by molar-refractivity contribution is 5.74. The lowest BCUT2D eigenvalue weighted by molar-refractivity contribution is -0.141. The Morgan fingerprint density at radius 3 is 2.91 bits per heavy atom. The van der Waals surface area contributed by atoms with Crippen molar-refractivity contribution in [3.05, 3.63) is 18.0 Å². The third kappa shape index (κ3) is 4.68. The minimum Gasteiger partial charge on any atom is -0.394 e. The molecular weight excluding hydrogens is 315 g/mol. The summed E-state index contributed by atoms with van der Waals surface area (Å²) in [5.41, 5.74) is -1.03. The van der Waals surface area contributed by atoms with Crippen LogP contribution in [-0.4, -0.2) is 58.3 Å². The first-order valence-electron chi connectivity index (χ1n) is 7.21. The van der Waals surface area contributed by atoms with Crippen LogP contribution in [0.1, 0.15) is 18.5 Å². The number of aliphatic hydroxyl groups is 1. The monoisotopic (exact) mass is 333 g/mol. The summed E-state index contributed by atoms with van der Waals surface area (Å²) in [4.78, 5) is 20.5. The molecule has 2 heterocycles. The van der Waals surface area contributed by atoms with Gasteiger partial charge in [0, 0.05) is 25.8 Å². The first-order chi connectivity index (χ1) is 10.9. The molecule has 0 aromatic carbocycles. The fourth-order valence-electron chi connectivity index (χ4n) is 2.34. The van der Waals surface area contributed by atoms with Gasteiger partial charge in [-0.25, -0.2) is 14.8 Å². The van der Waals surface area contributed by atoms with Crippen LogP contribution in [0.5, 0.6) is 0 Å². The van der Waals surface area contributed by atoms with Crippen LogP contribution in [0.25, 0.3) is 0 Å². The standard InChI is InChI=1S/C13H18F3N5O2/c14-13(15,16)10-3-4-17-11(20-10)18-5-6-19-12(23)21-7-1-2-9(21)8-22/h3-4,9,22H,1-2,5-8H2,(H,19,23)(H,17,18,20)/t9-/m0/s1. The fourth-order valence-corrected chi connectivity index (χ4v) is 2.34. The summed E-state index contributed by atoms with van der Waals surface area (Å²) in [6.45, 7) is 0.892. The predicted octanol–water partition coefficient (Wildman–Crippen LogP) is 1.07. The molecule has 1 aliphatic rings. The van der Waals surface area contributed by atoms with Gasteiger partial charge in [0.05, 0.1) is 12.6 Å². The van der Waals surface area contributed by atoms with Crippen molar-refractivity contribution >= 4 is 12.0 Å². The molecule has 128 valence electrons. The summed E-state index contributed by atoms with van der Waals surface area (Å²) < 4.78 is 37.5. The number of nitrogens with one attached hydrogen (secondary N) is 2. The molecule has 1 fully saturated rings. The number of aliphatic hydroxyl groups excluding tert-OH is 1. The van der Waals surface area contributed by atoms with E-state index in [1.807, 2.05) is 0 Å². The van der Waals surface area contributed by atoms with Crippen molar-refractivity contribution in [3.63, 3.8) is 0 Å². The van der Waals surface area contributed by atoms with Crippen molar-refractivity contribution in [1.29, 1.82) is 0 Å². The summed E-state index contributed by atoms with van der Waals surface area (Å²) in [7, 11) is 0. The average Bonchev–Trinajstić information content (AvgIpc) is 2.99. The van der Waals surface area contributed by atoms with Gasteiger partial charge in [-0.15, -0.1) is 0 Å². The Labute approximate surface area is 130 Å². The Balaban J connectivity index is 1.76. The number of amides is 2. The predicted molar refractivity (Wildman–Crippen MR) is 75.7 cm³/mol.